The van der Waals surface area contributed by atoms with E-state index < -0.39 is 0 Å². The smallest absolute Gasteiger partial charge is 0.253 e. The molecule has 0 atom stereocenters. The Bertz CT molecular complexity index is 1250. The maximum atomic E-state index is 12.9. The summed E-state index contributed by atoms with van der Waals surface area (Å²) in [6, 6.07) is 15.4. The number of carbonyl (C=O) groups excluding carboxylic acids is 1. The minimum Gasteiger partial charge on any atom is -0.481 e. The maximum absolute atomic E-state index is 12.9. The van der Waals surface area contributed by atoms with Crippen molar-refractivity contribution in [3.8, 4) is 17.1 Å². The minimum absolute atomic E-state index is 0.0783. The normalized spacial score (nSPS) is 14.2. The number of likely N-dealkylation sites (tertiary alicyclic amines) is 1. The summed E-state index contributed by atoms with van der Waals surface area (Å²) in [6.07, 6.45) is 5.12. The van der Waals surface area contributed by atoms with Gasteiger partial charge >= 0.3 is 0 Å². The number of ether oxygens (including phenoxy) is 1. The summed E-state index contributed by atoms with van der Waals surface area (Å²) in [5.41, 5.74) is 4.76. The zero-order chi connectivity index (χ0) is 20.5. The van der Waals surface area contributed by atoms with E-state index in [9.17, 15) is 4.79 Å². The van der Waals surface area contributed by atoms with Gasteiger partial charge in [0.25, 0.3) is 5.91 Å². The second-order valence-electron chi connectivity index (χ2n) is 7.57. The van der Waals surface area contributed by atoms with Crippen LogP contribution in [-0.2, 0) is 0 Å². The zero-order valence-electron chi connectivity index (χ0n) is 16.8. The van der Waals surface area contributed by atoms with Crippen LogP contribution < -0.4 is 4.74 Å². The van der Waals surface area contributed by atoms with Crippen LogP contribution in [0.2, 0.25) is 0 Å². The Hall–Kier alpha value is -3.54. The standard InChI is InChI=1S/C24H22N4O2/c1-30-23-10-7-16-13-17(5-8-19(16)27-23)22-15-25-20-9-6-18(14-21(20)26-22)24(29)28-11-3-2-4-12-28/h5-10,13-15H,2-4,11-12H2,1H3. The van der Waals surface area contributed by atoms with Crippen LogP contribution in [0, 0.1) is 0 Å². The number of piperidine rings is 1. The van der Waals surface area contributed by atoms with Gasteiger partial charge < -0.3 is 9.64 Å². The number of amides is 1. The van der Waals surface area contributed by atoms with Crippen molar-refractivity contribution in [2.24, 2.45) is 0 Å². The fourth-order valence-corrected chi connectivity index (χ4v) is 3.94. The van der Waals surface area contributed by atoms with Crippen LogP contribution >= 0.6 is 0 Å². The lowest BCUT2D eigenvalue weighted by molar-refractivity contribution is 0.0724. The third kappa shape index (κ3) is 3.45. The Morgan fingerprint density at radius 2 is 1.73 bits per heavy atom. The maximum Gasteiger partial charge on any atom is 0.253 e. The van der Waals surface area contributed by atoms with E-state index in [-0.39, 0.29) is 5.91 Å². The molecular formula is C24H22N4O2. The van der Waals surface area contributed by atoms with E-state index in [4.69, 9.17) is 9.72 Å². The van der Waals surface area contributed by atoms with E-state index in [0.717, 1.165) is 59.1 Å². The summed E-state index contributed by atoms with van der Waals surface area (Å²) in [7, 11) is 1.61. The average molecular weight is 398 g/mol. The van der Waals surface area contributed by atoms with Crippen molar-refractivity contribution in [2.45, 2.75) is 19.3 Å². The van der Waals surface area contributed by atoms with Gasteiger partial charge in [-0.1, -0.05) is 6.07 Å². The van der Waals surface area contributed by atoms with Gasteiger partial charge in [0.05, 0.1) is 35.6 Å². The Morgan fingerprint density at radius 3 is 2.57 bits per heavy atom. The number of hydrogen-bond acceptors (Lipinski definition) is 5. The van der Waals surface area contributed by atoms with Crippen molar-refractivity contribution in [1.82, 2.24) is 19.9 Å². The molecule has 1 fully saturated rings. The highest BCUT2D eigenvalue weighted by Gasteiger charge is 2.18. The second kappa shape index (κ2) is 7.71. The molecule has 1 saturated heterocycles. The molecule has 1 aliphatic rings. The van der Waals surface area contributed by atoms with Crippen LogP contribution in [0.1, 0.15) is 29.6 Å². The zero-order valence-corrected chi connectivity index (χ0v) is 16.8. The molecule has 0 N–H and O–H groups in total. The summed E-state index contributed by atoms with van der Waals surface area (Å²) in [5.74, 6) is 0.668. The molecule has 1 aliphatic heterocycles. The SMILES string of the molecule is COc1ccc2cc(-c3cnc4ccc(C(=O)N5CCCCC5)cc4n3)ccc2n1. The van der Waals surface area contributed by atoms with Gasteiger partial charge in [-0.15, -0.1) is 0 Å². The molecule has 2 aromatic heterocycles. The number of carbonyl (C=O) groups is 1. The van der Waals surface area contributed by atoms with Crippen LogP contribution in [0.25, 0.3) is 33.2 Å². The number of benzene rings is 2. The Labute approximate surface area is 174 Å². The molecule has 0 saturated carbocycles. The third-order valence-electron chi connectivity index (χ3n) is 5.60. The van der Waals surface area contributed by atoms with Gasteiger partial charge in [-0.25, -0.2) is 9.97 Å². The Morgan fingerprint density at radius 1 is 0.900 bits per heavy atom. The number of rotatable bonds is 3. The number of nitrogens with zero attached hydrogens (tertiary/aromatic N) is 4. The van der Waals surface area contributed by atoms with E-state index in [1.54, 1.807) is 13.3 Å². The number of aromatic nitrogens is 3. The highest BCUT2D eigenvalue weighted by atomic mass is 16.5. The number of pyridine rings is 1. The lowest BCUT2D eigenvalue weighted by Gasteiger charge is -2.26. The third-order valence-corrected chi connectivity index (χ3v) is 5.60. The molecule has 30 heavy (non-hydrogen) atoms. The lowest BCUT2D eigenvalue weighted by atomic mass is 10.1. The first-order valence-electron chi connectivity index (χ1n) is 10.2. The predicted octanol–water partition coefficient (Wildman–Crippen LogP) is 4.48. The average Bonchev–Trinajstić information content (AvgIpc) is 2.82. The highest BCUT2D eigenvalue weighted by Crippen LogP contribution is 2.25. The summed E-state index contributed by atoms with van der Waals surface area (Å²) >= 11 is 0. The van der Waals surface area contributed by atoms with E-state index in [2.05, 4.69) is 9.97 Å². The van der Waals surface area contributed by atoms with E-state index in [0.29, 0.717) is 11.4 Å². The molecule has 0 bridgehead atoms. The molecule has 1 amide bonds. The van der Waals surface area contributed by atoms with Gasteiger partial charge in [0.2, 0.25) is 5.88 Å². The first kappa shape index (κ1) is 18.5. The van der Waals surface area contributed by atoms with Gasteiger partial charge in [0, 0.05) is 35.7 Å². The summed E-state index contributed by atoms with van der Waals surface area (Å²) < 4.78 is 5.20. The molecule has 6 heteroatoms. The summed E-state index contributed by atoms with van der Waals surface area (Å²) in [4.78, 5) is 28.6. The molecule has 0 unspecified atom stereocenters. The topological polar surface area (TPSA) is 68.2 Å². The first-order chi connectivity index (χ1) is 14.7. The monoisotopic (exact) mass is 398 g/mol. The molecule has 5 rings (SSSR count). The Kier molecular flexibility index (Phi) is 4.75. The lowest BCUT2D eigenvalue weighted by Crippen LogP contribution is -2.35. The number of hydrogen-bond donors (Lipinski definition) is 0. The van der Waals surface area contributed by atoms with Crippen LogP contribution in [0.4, 0.5) is 0 Å². The summed E-state index contributed by atoms with van der Waals surface area (Å²) in [6.45, 7) is 1.66. The van der Waals surface area contributed by atoms with Crippen LogP contribution in [0.3, 0.4) is 0 Å². The quantitative estimate of drug-likeness (QED) is 0.509. The van der Waals surface area contributed by atoms with E-state index in [1.807, 2.05) is 53.4 Å². The van der Waals surface area contributed by atoms with Crippen molar-refractivity contribution in [3.63, 3.8) is 0 Å². The van der Waals surface area contributed by atoms with Gasteiger partial charge in [0.15, 0.2) is 0 Å². The van der Waals surface area contributed by atoms with Gasteiger partial charge in [-0.3, -0.25) is 9.78 Å². The minimum atomic E-state index is 0.0783. The fourth-order valence-electron chi connectivity index (χ4n) is 3.94. The summed E-state index contributed by atoms with van der Waals surface area (Å²) in [5, 5.41) is 1.00. The van der Waals surface area contributed by atoms with Gasteiger partial charge in [-0.2, -0.15) is 0 Å². The molecule has 150 valence electrons. The van der Waals surface area contributed by atoms with Crippen molar-refractivity contribution in [3.05, 3.63) is 60.3 Å². The van der Waals surface area contributed by atoms with Crippen LogP contribution in [0.5, 0.6) is 5.88 Å². The molecule has 0 radical (unpaired) electrons. The van der Waals surface area contributed by atoms with Crippen molar-refractivity contribution < 1.29 is 9.53 Å². The number of methoxy groups -OCH3 is 1. The largest absolute Gasteiger partial charge is 0.481 e. The molecule has 3 heterocycles. The van der Waals surface area contributed by atoms with E-state index >= 15 is 0 Å². The van der Waals surface area contributed by atoms with Gasteiger partial charge in [-0.05, 0) is 55.7 Å². The van der Waals surface area contributed by atoms with Crippen LogP contribution in [-0.4, -0.2) is 46.0 Å². The molecule has 0 aliphatic carbocycles. The molecule has 6 nitrogen and oxygen atoms in total. The highest BCUT2D eigenvalue weighted by molar-refractivity contribution is 5.97. The molecule has 2 aromatic carbocycles. The molecule has 4 aromatic rings. The van der Waals surface area contributed by atoms with Crippen molar-refractivity contribution >= 4 is 27.8 Å². The molecule has 0 spiro atoms. The first-order valence-corrected chi connectivity index (χ1v) is 10.2. The van der Waals surface area contributed by atoms with Crippen molar-refractivity contribution in [2.75, 3.05) is 20.2 Å². The van der Waals surface area contributed by atoms with Crippen LogP contribution in [0.15, 0.2) is 54.7 Å². The predicted molar refractivity (Wildman–Crippen MR) is 117 cm³/mol. The molecular weight excluding hydrogens is 376 g/mol. The van der Waals surface area contributed by atoms with E-state index in [1.165, 1.54) is 6.42 Å². The number of fused-ring (bicyclic) bond motifs is 2. The van der Waals surface area contributed by atoms with Gasteiger partial charge in [0.1, 0.15) is 0 Å². The Balaban J connectivity index is 1.50. The van der Waals surface area contributed by atoms with Crippen molar-refractivity contribution in [1.29, 1.82) is 0 Å². The second-order valence-corrected chi connectivity index (χ2v) is 7.57. The fraction of sp³-hybridized carbons (Fsp3) is 0.250.